The van der Waals surface area contributed by atoms with Gasteiger partial charge >= 0.3 is 0 Å². The molecular formula is C12H18OS2. The number of aromatic hydroxyl groups is 1. The van der Waals surface area contributed by atoms with E-state index >= 15 is 0 Å². The molecule has 1 nitrogen and oxygen atoms in total. The normalized spacial score (nSPS) is 10.7. The number of aryl methyl sites for hydroxylation is 1. The van der Waals surface area contributed by atoms with Gasteiger partial charge in [0.05, 0.1) is 4.90 Å². The highest BCUT2D eigenvalue weighted by Crippen LogP contribution is 2.39. The van der Waals surface area contributed by atoms with Crippen LogP contribution in [0.4, 0.5) is 0 Å². The van der Waals surface area contributed by atoms with Gasteiger partial charge in [0.15, 0.2) is 0 Å². The van der Waals surface area contributed by atoms with E-state index in [9.17, 15) is 5.11 Å². The molecular weight excluding hydrogens is 224 g/mol. The van der Waals surface area contributed by atoms with Gasteiger partial charge in [-0.1, -0.05) is 13.8 Å². The summed E-state index contributed by atoms with van der Waals surface area (Å²) in [5.74, 6) is 2.49. The summed E-state index contributed by atoms with van der Waals surface area (Å²) in [6, 6.07) is 1.88. The summed E-state index contributed by atoms with van der Waals surface area (Å²) in [7, 11) is 0. The van der Waals surface area contributed by atoms with Crippen LogP contribution >= 0.6 is 23.5 Å². The van der Waals surface area contributed by atoms with Crippen LogP contribution in [0.5, 0.6) is 5.75 Å². The Kier molecular flexibility index (Phi) is 4.87. The van der Waals surface area contributed by atoms with Crippen LogP contribution in [0.25, 0.3) is 0 Å². The summed E-state index contributed by atoms with van der Waals surface area (Å²) in [4.78, 5) is 2.37. The first-order valence-electron chi connectivity index (χ1n) is 5.20. The Morgan fingerprint density at radius 3 is 2.13 bits per heavy atom. The van der Waals surface area contributed by atoms with Crippen molar-refractivity contribution >= 4 is 23.5 Å². The molecule has 0 saturated carbocycles. The van der Waals surface area contributed by atoms with Crippen LogP contribution in [0.1, 0.15) is 25.0 Å². The quantitative estimate of drug-likeness (QED) is 0.798. The topological polar surface area (TPSA) is 20.2 Å². The number of rotatable bonds is 4. The zero-order valence-corrected chi connectivity index (χ0v) is 11.4. The fourth-order valence-corrected chi connectivity index (χ4v) is 3.39. The van der Waals surface area contributed by atoms with E-state index in [1.807, 2.05) is 17.8 Å². The van der Waals surface area contributed by atoms with Gasteiger partial charge in [-0.25, -0.2) is 0 Å². The first-order valence-corrected chi connectivity index (χ1v) is 7.17. The smallest absolute Gasteiger partial charge is 0.129 e. The number of benzene rings is 1. The van der Waals surface area contributed by atoms with E-state index in [0.29, 0.717) is 5.75 Å². The molecule has 0 unspecified atom stereocenters. The first-order chi connectivity index (χ1) is 7.11. The molecule has 15 heavy (non-hydrogen) atoms. The highest BCUT2D eigenvalue weighted by molar-refractivity contribution is 8.00. The van der Waals surface area contributed by atoms with Crippen LogP contribution in [0.15, 0.2) is 15.9 Å². The molecule has 3 heteroatoms. The van der Waals surface area contributed by atoms with Gasteiger partial charge in [0.1, 0.15) is 5.75 Å². The first kappa shape index (κ1) is 12.8. The Labute approximate surface area is 101 Å². The Balaban J connectivity index is 3.22. The lowest BCUT2D eigenvalue weighted by Gasteiger charge is -2.14. The Morgan fingerprint density at radius 1 is 1.07 bits per heavy atom. The zero-order valence-electron chi connectivity index (χ0n) is 9.76. The van der Waals surface area contributed by atoms with Gasteiger partial charge in [-0.2, -0.15) is 0 Å². The molecule has 0 amide bonds. The van der Waals surface area contributed by atoms with E-state index in [-0.39, 0.29) is 0 Å². The third kappa shape index (κ3) is 2.85. The minimum Gasteiger partial charge on any atom is -0.507 e. The average Bonchev–Trinajstić information content (AvgIpc) is 2.19. The number of hydrogen-bond acceptors (Lipinski definition) is 3. The van der Waals surface area contributed by atoms with Gasteiger partial charge < -0.3 is 5.11 Å². The summed E-state index contributed by atoms with van der Waals surface area (Å²) in [5.41, 5.74) is 2.41. The molecule has 0 aromatic heterocycles. The molecule has 1 rings (SSSR count). The van der Waals surface area contributed by atoms with Crippen molar-refractivity contribution < 1.29 is 5.11 Å². The van der Waals surface area contributed by atoms with Gasteiger partial charge in [-0.3, -0.25) is 0 Å². The molecule has 0 heterocycles. The molecule has 0 atom stereocenters. The third-order valence-corrected chi connectivity index (χ3v) is 4.50. The summed E-state index contributed by atoms with van der Waals surface area (Å²) in [6.45, 7) is 8.42. The molecule has 0 saturated heterocycles. The molecule has 1 aromatic carbocycles. The van der Waals surface area contributed by atoms with Crippen molar-refractivity contribution in [2.24, 2.45) is 0 Å². The van der Waals surface area contributed by atoms with Crippen molar-refractivity contribution in [3.63, 3.8) is 0 Å². The van der Waals surface area contributed by atoms with E-state index in [1.165, 1.54) is 16.0 Å². The Morgan fingerprint density at radius 2 is 1.60 bits per heavy atom. The lowest BCUT2D eigenvalue weighted by atomic mass is 10.1. The SMILES string of the molecule is CCSc1c(C)cc(O)c(SCC)c1C. The number of phenols is 1. The van der Waals surface area contributed by atoms with Gasteiger partial charge in [0.2, 0.25) is 0 Å². The van der Waals surface area contributed by atoms with Crippen LogP contribution in [-0.4, -0.2) is 16.6 Å². The average molecular weight is 242 g/mol. The molecule has 1 aromatic rings. The Bertz CT molecular complexity index is 318. The molecule has 0 bridgehead atoms. The molecule has 0 spiro atoms. The molecule has 84 valence electrons. The van der Waals surface area contributed by atoms with E-state index in [4.69, 9.17) is 0 Å². The third-order valence-electron chi connectivity index (χ3n) is 2.20. The van der Waals surface area contributed by atoms with Gasteiger partial charge in [0.25, 0.3) is 0 Å². The second kappa shape index (κ2) is 5.71. The maximum Gasteiger partial charge on any atom is 0.129 e. The number of thioether (sulfide) groups is 2. The van der Waals surface area contributed by atoms with E-state index in [1.54, 1.807) is 11.8 Å². The van der Waals surface area contributed by atoms with Crippen molar-refractivity contribution in [2.45, 2.75) is 37.5 Å². The van der Waals surface area contributed by atoms with Crippen molar-refractivity contribution in [3.8, 4) is 5.75 Å². The fraction of sp³-hybridized carbons (Fsp3) is 0.500. The van der Waals surface area contributed by atoms with Crippen molar-refractivity contribution in [2.75, 3.05) is 11.5 Å². The molecule has 1 N–H and O–H groups in total. The summed E-state index contributed by atoms with van der Waals surface area (Å²) < 4.78 is 0. The van der Waals surface area contributed by atoms with Gasteiger partial charge in [-0.15, -0.1) is 23.5 Å². The predicted octanol–water partition coefficient (Wildman–Crippen LogP) is 4.23. The van der Waals surface area contributed by atoms with E-state index in [2.05, 4.69) is 27.7 Å². The van der Waals surface area contributed by atoms with Crippen molar-refractivity contribution in [1.29, 1.82) is 0 Å². The fourth-order valence-electron chi connectivity index (χ4n) is 1.62. The lowest BCUT2D eigenvalue weighted by molar-refractivity contribution is 0.460. The van der Waals surface area contributed by atoms with Crippen LogP contribution in [0.2, 0.25) is 0 Å². The molecule has 0 aliphatic heterocycles. The van der Waals surface area contributed by atoms with Crippen LogP contribution in [0.3, 0.4) is 0 Å². The van der Waals surface area contributed by atoms with E-state index < -0.39 is 0 Å². The van der Waals surface area contributed by atoms with Crippen LogP contribution < -0.4 is 0 Å². The minimum absolute atomic E-state index is 0.428. The van der Waals surface area contributed by atoms with Gasteiger partial charge in [0, 0.05) is 4.90 Å². The second-order valence-electron chi connectivity index (χ2n) is 3.36. The molecule has 0 radical (unpaired) electrons. The maximum absolute atomic E-state index is 9.87. The summed E-state index contributed by atoms with van der Waals surface area (Å²) in [5, 5.41) is 9.87. The van der Waals surface area contributed by atoms with Crippen molar-refractivity contribution in [1.82, 2.24) is 0 Å². The highest BCUT2D eigenvalue weighted by Gasteiger charge is 2.12. The largest absolute Gasteiger partial charge is 0.507 e. The number of phenolic OH excluding ortho intramolecular Hbond substituents is 1. The van der Waals surface area contributed by atoms with E-state index in [0.717, 1.165) is 16.4 Å². The molecule has 0 fully saturated rings. The highest BCUT2D eigenvalue weighted by atomic mass is 32.2. The predicted molar refractivity (Wildman–Crippen MR) is 70.4 cm³/mol. The summed E-state index contributed by atoms with van der Waals surface area (Å²) >= 11 is 3.57. The zero-order chi connectivity index (χ0) is 11.4. The molecule has 0 aliphatic carbocycles. The second-order valence-corrected chi connectivity index (χ2v) is 5.91. The van der Waals surface area contributed by atoms with Crippen LogP contribution in [0, 0.1) is 13.8 Å². The monoisotopic (exact) mass is 242 g/mol. The van der Waals surface area contributed by atoms with Gasteiger partial charge in [-0.05, 0) is 42.5 Å². The summed E-state index contributed by atoms with van der Waals surface area (Å²) in [6.07, 6.45) is 0. The molecule has 0 aliphatic rings. The lowest BCUT2D eigenvalue weighted by Crippen LogP contribution is -1.90. The standard InChI is InChI=1S/C12H18OS2/c1-5-14-11-8(3)7-10(13)12(9(11)4)15-6-2/h7,13H,5-6H2,1-4H3. The number of hydrogen-bond donors (Lipinski definition) is 1. The van der Waals surface area contributed by atoms with Crippen LogP contribution in [-0.2, 0) is 0 Å². The van der Waals surface area contributed by atoms with Crippen molar-refractivity contribution in [3.05, 3.63) is 17.2 Å². The Hall–Kier alpha value is -0.280. The maximum atomic E-state index is 9.87. The minimum atomic E-state index is 0.428.